The molecule has 9 rings (SSSR count). The molecule has 0 spiro atoms. The van der Waals surface area contributed by atoms with Gasteiger partial charge in [0.05, 0.1) is 33.7 Å². The normalized spacial score (nSPS) is 11.7. The van der Waals surface area contributed by atoms with Gasteiger partial charge in [0.25, 0.3) is 0 Å². The summed E-state index contributed by atoms with van der Waals surface area (Å²) in [7, 11) is 0. The molecular formula is C39H21N3O. The van der Waals surface area contributed by atoms with Crippen LogP contribution in [0.5, 0.6) is 0 Å². The minimum Gasteiger partial charge on any atom is -0.456 e. The molecule has 6 aromatic carbocycles. The number of nitriles is 1. The molecular weight excluding hydrogens is 526 g/mol. The molecule has 3 aromatic heterocycles. The van der Waals surface area contributed by atoms with Crippen LogP contribution < -0.4 is 0 Å². The zero-order chi connectivity index (χ0) is 28.7. The maximum absolute atomic E-state index is 9.54. The van der Waals surface area contributed by atoms with Crippen LogP contribution in [0.15, 0.2) is 126 Å². The lowest BCUT2D eigenvalue weighted by Crippen LogP contribution is -1.94. The van der Waals surface area contributed by atoms with Crippen LogP contribution in [0.25, 0.3) is 76.9 Å². The molecule has 0 unspecified atom stereocenters. The van der Waals surface area contributed by atoms with E-state index in [0.717, 1.165) is 77.1 Å². The molecule has 0 saturated heterocycles. The van der Waals surface area contributed by atoms with Crippen molar-refractivity contribution in [3.8, 4) is 29.8 Å². The van der Waals surface area contributed by atoms with Gasteiger partial charge in [-0.3, -0.25) is 0 Å². The summed E-state index contributed by atoms with van der Waals surface area (Å²) in [5.41, 5.74) is 9.68. The van der Waals surface area contributed by atoms with Crippen molar-refractivity contribution in [2.45, 2.75) is 0 Å². The maximum Gasteiger partial charge on any atom is 0.135 e. The summed E-state index contributed by atoms with van der Waals surface area (Å²) in [5.74, 6) is 2.78. The van der Waals surface area contributed by atoms with Crippen LogP contribution in [0, 0.1) is 23.7 Å². The molecule has 0 radical (unpaired) electrons. The highest BCUT2D eigenvalue weighted by Gasteiger charge is 2.17. The van der Waals surface area contributed by atoms with Crippen LogP contribution in [-0.4, -0.2) is 9.13 Å². The third kappa shape index (κ3) is 3.27. The van der Waals surface area contributed by atoms with E-state index >= 15 is 0 Å². The third-order valence-corrected chi connectivity index (χ3v) is 8.59. The van der Waals surface area contributed by atoms with Crippen molar-refractivity contribution in [3.63, 3.8) is 0 Å². The fraction of sp³-hybridized carbons (Fsp3) is 0. The number of hydrogen-bond acceptors (Lipinski definition) is 2. The van der Waals surface area contributed by atoms with Crippen LogP contribution in [0.1, 0.15) is 11.1 Å². The second-order valence-corrected chi connectivity index (χ2v) is 10.9. The van der Waals surface area contributed by atoms with Crippen molar-refractivity contribution in [2.75, 3.05) is 0 Å². The summed E-state index contributed by atoms with van der Waals surface area (Å²) in [4.78, 5) is 0. The number of benzene rings is 6. The van der Waals surface area contributed by atoms with Gasteiger partial charge >= 0.3 is 0 Å². The van der Waals surface area contributed by atoms with E-state index in [0.29, 0.717) is 5.56 Å². The molecule has 0 amide bonds. The van der Waals surface area contributed by atoms with Crippen molar-refractivity contribution in [1.29, 1.82) is 5.26 Å². The van der Waals surface area contributed by atoms with Crippen LogP contribution in [0.4, 0.5) is 0 Å². The van der Waals surface area contributed by atoms with E-state index in [1.165, 1.54) is 5.39 Å². The molecule has 9 aromatic rings. The van der Waals surface area contributed by atoms with Crippen LogP contribution in [-0.2, 0) is 0 Å². The van der Waals surface area contributed by atoms with E-state index in [9.17, 15) is 5.26 Å². The van der Waals surface area contributed by atoms with Gasteiger partial charge in [-0.15, -0.1) is 6.42 Å². The SMILES string of the molecule is C#Cc1ccc2c(c1)c1ccccc1n2-c1ccc2oc3ccc(-n4c5ccccc5c5cc(C#N)ccc54)cc3c2c1. The third-order valence-electron chi connectivity index (χ3n) is 8.59. The molecule has 3 heterocycles. The molecule has 4 nitrogen and oxygen atoms in total. The molecule has 0 N–H and O–H groups in total. The number of para-hydroxylation sites is 2. The smallest absolute Gasteiger partial charge is 0.135 e. The Morgan fingerprint density at radius 1 is 0.488 bits per heavy atom. The highest BCUT2D eigenvalue weighted by Crippen LogP contribution is 2.38. The molecule has 43 heavy (non-hydrogen) atoms. The minimum atomic E-state index is 0.653. The molecule has 0 fully saturated rings. The summed E-state index contributed by atoms with van der Waals surface area (Å²) in [5, 5.41) is 16.1. The number of terminal acetylenes is 1. The average Bonchev–Trinajstić information content (AvgIpc) is 3.71. The summed E-state index contributed by atoms with van der Waals surface area (Å²) < 4.78 is 10.9. The molecule has 0 aliphatic carbocycles. The number of furan rings is 1. The Morgan fingerprint density at radius 2 is 0.977 bits per heavy atom. The first-order valence-corrected chi connectivity index (χ1v) is 14.1. The van der Waals surface area contributed by atoms with Gasteiger partial charge in [-0.2, -0.15) is 5.26 Å². The van der Waals surface area contributed by atoms with E-state index in [1.807, 2.05) is 30.3 Å². The van der Waals surface area contributed by atoms with Crippen LogP contribution in [0.3, 0.4) is 0 Å². The van der Waals surface area contributed by atoms with Gasteiger partial charge in [0.2, 0.25) is 0 Å². The lowest BCUT2D eigenvalue weighted by molar-refractivity contribution is 0.669. The lowest BCUT2D eigenvalue weighted by atomic mass is 10.1. The predicted octanol–water partition coefficient (Wildman–Crippen LogP) is 9.63. The zero-order valence-electron chi connectivity index (χ0n) is 22.9. The summed E-state index contributed by atoms with van der Waals surface area (Å²) in [6.45, 7) is 0. The Morgan fingerprint density at radius 3 is 1.51 bits per heavy atom. The second-order valence-electron chi connectivity index (χ2n) is 10.9. The maximum atomic E-state index is 9.54. The first-order chi connectivity index (χ1) is 21.2. The molecule has 198 valence electrons. The minimum absolute atomic E-state index is 0.653. The second kappa shape index (κ2) is 8.63. The number of rotatable bonds is 2. The number of aromatic nitrogens is 2. The van der Waals surface area contributed by atoms with Crippen LogP contribution in [0.2, 0.25) is 0 Å². The standard InChI is InChI=1S/C39H21N3O/c1-2-24-11-15-36-30(19-24)28-7-3-5-9-34(28)41(36)26-13-17-38-32(21-26)33-22-27(14-18-39(33)43-38)42-35-10-6-4-8-29(35)31-20-25(23-40)12-16-37(31)42/h1,3-22H. The summed E-state index contributed by atoms with van der Waals surface area (Å²) >= 11 is 0. The van der Waals surface area contributed by atoms with Crippen molar-refractivity contribution in [2.24, 2.45) is 0 Å². The Kier molecular flexibility index (Phi) is 4.71. The Hall–Kier alpha value is -6.23. The molecule has 0 saturated carbocycles. The van der Waals surface area contributed by atoms with Gasteiger partial charge in [0.1, 0.15) is 11.2 Å². The van der Waals surface area contributed by atoms with Crippen LogP contribution >= 0.6 is 0 Å². The Labute approximate surface area is 246 Å². The fourth-order valence-corrected chi connectivity index (χ4v) is 6.69. The number of nitrogens with zero attached hydrogens (tertiary/aromatic N) is 3. The van der Waals surface area contributed by atoms with Gasteiger partial charge < -0.3 is 13.6 Å². The average molecular weight is 548 g/mol. The highest BCUT2D eigenvalue weighted by molar-refractivity contribution is 6.12. The van der Waals surface area contributed by atoms with Crippen molar-refractivity contribution >= 4 is 65.6 Å². The molecule has 0 aliphatic rings. The summed E-state index contributed by atoms with van der Waals surface area (Å²) in [6.07, 6.45) is 5.75. The van der Waals surface area contributed by atoms with E-state index in [4.69, 9.17) is 10.8 Å². The number of hydrogen-bond donors (Lipinski definition) is 0. The predicted molar refractivity (Wildman–Crippen MR) is 175 cm³/mol. The monoisotopic (exact) mass is 547 g/mol. The van der Waals surface area contributed by atoms with E-state index in [1.54, 1.807) is 0 Å². The molecule has 0 atom stereocenters. The highest BCUT2D eigenvalue weighted by atomic mass is 16.3. The van der Waals surface area contributed by atoms with Gasteiger partial charge in [-0.25, -0.2) is 0 Å². The van der Waals surface area contributed by atoms with Crippen molar-refractivity contribution in [3.05, 3.63) is 132 Å². The summed E-state index contributed by atoms with van der Waals surface area (Å²) in [6, 6.07) is 43.9. The zero-order valence-corrected chi connectivity index (χ0v) is 22.9. The van der Waals surface area contributed by atoms with E-state index in [2.05, 4.69) is 112 Å². The fourth-order valence-electron chi connectivity index (χ4n) is 6.69. The molecule has 0 bridgehead atoms. The van der Waals surface area contributed by atoms with Gasteiger partial charge in [-0.1, -0.05) is 42.3 Å². The first kappa shape index (κ1) is 23.5. The lowest BCUT2D eigenvalue weighted by Gasteiger charge is -2.09. The van der Waals surface area contributed by atoms with E-state index < -0.39 is 0 Å². The first-order valence-electron chi connectivity index (χ1n) is 14.1. The molecule has 4 heteroatoms. The Balaban J connectivity index is 1.30. The van der Waals surface area contributed by atoms with Gasteiger partial charge in [0, 0.05) is 49.3 Å². The quantitative estimate of drug-likeness (QED) is 0.202. The van der Waals surface area contributed by atoms with Crippen molar-refractivity contribution < 1.29 is 4.42 Å². The van der Waals surface area contributed by atoms with Crippen molar-refractivity contribution in [1.82, 2.24) is 9.13 Å². The topological polar surface area (TPSA) is 46.8 Å². The van der Waals surface area contributed by atoms with E-state index in [-0.39, 0.29) is 0 Å². The number of fused-ring (bicyclic) bond motifs is 9. The largest absolute Gasteiger partial charge is 0.456 e. The van der Waals surface area contributed by atoms with Gasteiger partial charge in [0.15, 0.2) is 0 Å². The Bertz CT molecular complexity index is 2520. The molecule has 0 aliphatic heterocycles. The van der Waals surface area contributed by atoms with Gasteiger partial charge in [-0.05, 0) is 84.9 Å².